The molecule has 0 atom stereocenters. The molecule has 1 amide bonds. The maximum atomic E-state index is 10.8. The average Bonchev–Trinajstić information content (AvgIpc) is 3.29. The normalized spacial score (nSPS) is 14.1. The Morgan fingerprint density at radius 2 is 2.24 bits per heavy atom. The zero-order valence-corrected chi connectivity index (χ0v) is 11.7. The van der Waals surface area contributed by atoms with E-state index in [9.17, 15) is 9.59 Å². The van der Waals surface area contributed by atoms with Crippen LogP contribution in [-0.4, -0.2) is 47.0 Å². The third-order valence-electron chi connectivity index (χ3n) is 3.22. The SMILES string of the molecule is O=CCN(C/C=C/c1cccc(NCC2CC2)n1)C(=O)O. The highest BCUT2D eigenvalue weighted by molar-refractivity contribution is 5.69. The smallest absolute Gasteiger partial charge is 0.407 e. The van der Waals surface area contributed by atoms with Crippen LogP contribution in [0.25, 0.3) is 6.08 Å². The fourth-order valence-corrected chi connectivity index (χ4v) is 1.84. The molecule has 0 radical (unpaired) electrons. The van der Waals surface area contributed by atoms with Crippen LogP contribution in [0.5, 0.6) is 0 Å². The van der Waals surface area contributed by atoms with Gasteiger partial charge in [-0.1, -0.05) is 12.1 Å². The summed E-state index contributed by atoms with van der Waals surface area (Å²) in [5, 5.41) is 12.2. The number of amides is 1. The van der Waals surface area contributed by atoms with Gasteiger partial charge in [0.05, 0.1) is 12.2 Å². The highest BCUT2D eigenvalue weighted by Gasteiger charge is 2.20. The molecule has 0 saturated heterocycles. The van der Waals surface area contributed by atoms with Crippen molar-refractivity contribution >= 4 is 24.3 Å². The Labute approximate surface area is 123 Å². The minimum absolute atomic E-state index is 0.129. The van der Waals surface area contributed by atoms with Crippen LogP contribution in [0.15, 0.2) is 24.3 Å². The van der Waals surface area contributed by atoms with Gasteiger partial charge in [0.15, 0.2) is 0 Å². The van der Waals surface area contributed by atoms with E-state index >= 15 is 0 Å². The highest BCUT2D eigenvalue weighted by atomic mass is 16.4. The van der Waals surface area contributed by atoms with E-state index in [-0.39, 0.29) is 13.1 Å². The molecule has 0 spiro atoms. The van der Waals surface area contributed by atoms with E-state index in [1.807, 2.05) is 18.2 Å². The largest absolute Gasteiger partial charge is 0.465 e. The maximum absolute atomic E-state index is 10.8. The number of anilines is 1. The first kappa shape index (κ1) is 15.0. The molecule has 1 aliphatic carbocycles. The second kappa shape index (κ2) is 7.42. The molecule has 6 nitrogen and oxygen atoms in total. The van der Waals surface area contributed by atoms with E-state index in [2.05, 4.69) is 10.3 Å². The number of aromatic nitrogens is 1. The molecule has 0 unspecified atom stereocenters. The fraction of sp³-hybridized carbons (Fsp3) is 0.400. The van der Waals surface area contributed by atoms with Gasteiger partial charge in [-0.05, 0) is 37.0 Å². The Bertz CT molecular complexity index is 527. The number of hydrogen-bond acceptors (Lipinski definition) is 4. The zero-order valence-electron chi connectivity index (χ0n) is 11.7. The standard InChI is InChI=1S/C15H19N3O3/c19-10-9-18(15(20)21)8-2-4-13-3-1-5-14(17-13)16-11-12-6-7-12/h1-5,10,12H,6-9,11H2,(H,16,17)(H,20,21)/b4-2+. The number of hydrogen-bond donors (Lipinski definition) is 2. The van der Waals surface area contributed by atoms with Crippen molar-refractivity contribution in [3.8, 4) is 0 Å². The van der Waals surface area contributed by atoms with Crippen LogP contribution in [-0.2, 0) is 4.79 Å². The molecule has 2 N–H and O–H groups in total. The lowest BCUT2D eigenvalue weighted by molar-refractivity contribution is -0.108. The molecule has 1 saturated carbocycles. The Morgan fingerprint density at radius 1 is 1.43 bits per heavy atom. The topological polar surface area (TPSA) is 82.5 Å². The summed E-state index contributed by atoms with van der Waals surface area (Å²) in [6, 6.07) is 5.67. The molecule has 0 bridgehead atoms. The van der Waals surface area contributed by atoms with Crippen molar-refractivity contribution in [3.63, 3.8) is 0 Å². The number of carbonyl (C=O) groups is 2. The summed E-state index contributed by atoms with van der Waals surface area (Å²) in [6.45, 7) is 0.984. The summed E-state index contributed by atoms with van der Waals surface area (Å²) < 4.78 is 0. The summed E-state index contributed by atoms with van der Waals surface area (Å²) in [7, 11) is 0. The fourth-order valence-electron chi connectivity index (χ4n) is 1.84. The van der Waals surface area contributed by atoms with Crippen LogP contribution >= 0.6 is 0 Å². The van der Waals surface area contributed by atoms with E-state index < -0.39 is 6.09 Å². The van der Waals surface area contributed by atoms with Gasteiger partial charge in [0.2, 0.25) is 0 Å². The Kier molecular flexibility index (Phi) is 5.31. The number of nitrogens with one attached hydrogen (secondary N) is 1. The molecule has 112 valence electrons. The van der Waals surface area contributed by atoms with E-state index in [0.717, 1.165) is 28.9 Å². The van der Waals surface area contributed by atoms with Gasteiger partial charge in [0.1, 0.15) is 12.1 Å². The first-order valence-electron chi connectivity index (χ1n) is 6.98. The van der Waals surface area contributed by atoms with Crippen molar-refractivity contribution in [1.82, 2.24) is 9.88 Å². The Hall–Kier alpha value is -2.37. The van der Waals surface area contributed by atoms with Gasteiger partial charge in [-0.3, -0.25) is 4.90 Å². The lowest BCUT2D eigenvalue weighted by Crippen LogP contribution is -2.31. The van der Waals surface area contributed by atoms with Gasteiger partial charge in [-0.2, -0.15) is 0 Å². The molecule has 1 aliphatic rings. The first-order valence-corrected chi connectivity index (χ1v) is 6.98. The molecule has 0 aromatic carbocycles. The number of rotatable bonds is 8. The van der Waals surface area contributed by atoms with Crippen LogP contribution in [0.3, 0.4) is 0 Å². The first-order chi connectivity index (χ1) is 10.2. The van der Waals surface area contributed by atoms with E-state index in [0.29, 0.717) is 6.29 Å². The van der Waals surface area contributed by atoms with Crippen molar-refractivity contribution < 1.29 is 14.7 Å². The number of carbonyl (C=O) groups excluding carboxylic acids is 1. The second-order valence-electron chi connectivity index (χ2n) is 5.03. The lowest BCUT2D eigenvalue weighted by atomic mass is 10.3. The predicted octanol–water partition coefficient (Wildman–Crippen LogP) is 2.10. The van der Waals surface area contributed by atoms with E-state index in [1.54, 1.807) is 12.2 Å². The van der Waals surface area contributed by atoms with Gasteiger partial charge >= 0.3 is 6.09 Å². The lowest BCUT2D eigenvalue weighted by Gasteiger charge is -2.12. The summed E-state index contributed by atoms with van der Waals surface area (Å²) in [5.41, 5.74) is 0.757. The summed E-state index contributed by atoms with van der Waals surface area (Å²) >= 11 is 0. The molecular weight excluding hydrogens is 270 g/mol. The maximum Gasteiger partial charge on any atom is 0.407 e. The number of pyridine rings is 1. The van der Waals surface area contributed by atoms with Crippen molar-refractivity contribution in [1.29, 1.82) is 0 Å². The predicted molar refractivity (Wildman–Crippen MR) is 80.1 cm³/mol. The van der Waals surface area contributed by atoms with Crippen LogP contribution in [0.2, 0.25) is 0 Å². The minimum atomic E-state index is -1.11. The molecule has 2 rings (SSSR count). The third-order valence-corrected chi connectivity index (χ3v) is 3.22. The quantitative estimate of drug-likeness (QED) is 0.716. The number of carboxylic acid groups (broad SMARTS) is 1. The molecule has 1 fully saturated rings. The second-order valence-corrected chi connectivity index (χ2v) is 5.03. The van der Waals surface area contributed by atoms with Crippen molar-refractivity contribution in [3.05, 3.63) is 30.0 Å². The number of nitrogens with zero attached hydrogens (tertiary/aromatic N) is 2. The van der Waals surface area contributed by atoms with Gasteiger partial charge in [0, 0.05) is 13.1 Å². The molecule has 1 heterocycles. The summed E-state index contributed by atoms with van der Waals surface area (Å²) in [4.78, 5) is 26.7. The van der Waals surface area contributed by atoms with Gasteiger partial charge < -0.3 is 15.2 Å². The van der Waals surface area contributed by atoms with E-state index in [1.165, 1.54) is 12.8 Å². The average molecular weight is 289 g/mol. The molecule has 0 aliphatic heterocycles. The molecule has 6 heteroatoms. The summed E-state index contributed by atoms with van der Waals surface area (Å²) in [6.07, 6.45) is 5.47. The van der Waals surface area contributed by atoms with Gasteiger partial charge in [-0.25, -0.2) is 9.78 Å². The van der Waals surface area contributed by atoms with Crippen LogP contribution in [0, 0.1) is 5.92 Å². The van der Waals surface area contributed by atoms with Crippen LogP contribution in [0.4, 0.5) is 10.6 Å². The van der Waals surface area contributed by atoms with Crippen molar-refractivity contribution in [2.45, 2.75) is 12.8 Å². The van der Waals surface area contributed by atoms with Crippen molar-refractivity contribution in [2.75, 3.05) is 25.0 Å². The van der Waals surface area contributed by atoms with Crippen molar-refractivity contribution in [2.24, 2.45) is 5.92 Å². The third kappa shape index (κ3) is 5.25. The Balaban J connectivity index is 1.88. The minimum Gasteiger partial charge on any atom is -0.465 e. The highest BCUT2D eigenvalue weighted by Crippen LogP contribution is 2.28. The van der Waals surface area contributed by atoms with Crippen LogP contribution in [0.1, 0.15) is 18.5 Å². The van der Waals surface area contributed by atoms with E-state index in [4.69, 9.17) is 5.11 Å². The summed E-state index contributed by atoms with van der Waals surface area (Å²) in [5.74, 6) is 1.60. The molecule has 1 aromatic rings. The molecule has 21 heavy (non-hydrogen) atoms. The zero-order chi connectivity index (χ0) is 15.1. The Morgan fingerprint density at radius 3 is 2.90 bits per heavy atom. The van der Waals surface area contributed by atoms with Gasteiger partial charge in [-0.15, -0.1) is 0 Å². The molecule has 1 aromatic heterocycles. The van der Waals surface area contributed by atoms with Gasteiger partial charge in [0.25, 0.3) is 0 Å². The number of aldehydes is 1. The molecular formula is C15H19N3O3. The van der Waals surface area contributed by atoms with Crippen LogP contribution < -0.4 is 5.32 Å². The monoisotopic (exact) mass is 289 g/mol.